The Morgan fingerprint density at radius 2 is 1.60 bits per heavy atom. The normalized spacial score (nSPS) is 17.3. The van der Waals surface area contributed by atoms with Crippen LogP contribution >= 0.6 is 11.6 Å². The lowest BCUT2D eigenvalue weighted by Crippen LogP contribution is -3.13. The predicted octanol–water partition coefficient (Wildman–Crippen LogP) is 2.43. The molecule has 1 aliphatic heterocycles. The van der Waals surface area contributed by atoms with Gasteiger partial charge in [-0.2, -0.15) is 0 Å². The molecule has 0 amide bonds. The van der Waals surface area contributed by atoms with Gasteiger partial charge in [0.2, 0.25) is 10.0 Å². The topological polar surface area (TPSA) is 50.6 Å². The van der Waals surface area contributed by atoms with E-state index in [0.29, 0.717) is 11.6 Å². The third-order valence-electron chi connectivity index (χ3n) is 4.79. The Balaban J connectivity index is 1.77. The maximum Gasteiger partial charge on any atom is 0.240 e. The third kappa shape index (κ3) is 4.82. The van der Waals surface area contributed by atoms with E-state index >= 15 is 0 Å². The SMILES string of the molecule is O=S(=O)(NC[C@@H](c1ccccc1)[NH+]1CCCCC1)c1ccc(Cl)cc1. The van der Waals surface area contributed by atoms with Crippen LogP contribution in [-0.2, 0) is 10.0 Å². The molecule has 0 bridgehead atoms. The van der Waals surface area contributed by atoms with Gasteiger partial charge in [0.15, 0.2) is 0 Å². The molecule has 3 rings (SSSR count). The molecule has 2 aromatic carbocycles. The van der Waals surface area contributed by atoms with Gasteiger partial charge in [0.1, 0.15) is 6.04 Å². The molecule has 25 heavy (non-hydrogen) atoms. The molecule has 134 valence electrons. The van der Waals surface area contributed by atoms with Crippen LogP contribution in [0.3, 0.4) is 0 Å². The van der Waals surface area contributed by atoms with Crippen LogP contribution in [-0.4, -0.2) is 28.1 Å². The molecule has 0 aromatic heterocycles. The van der Waals surface area contributed by atoms with E-state index in [1.165, 1.54) is 41.9 Å². The van der Waals surface area contributed by atoms with Gasteiger partial charge in [0, 0.05) is 10.6 Å². The van der Waals surface area contributed by atoms with E-state index in [9.17, 15) is 8.42 Å². The largest absolute Gasteiger partial charge is 0.328 e. The molecule has 1 saturated heterocycles. The first-order valence-corrected chi connectivity index (χ1v) is 10.6. The molecule has 1 atom stereocenters. The lowest BCUT2D eigenvalue weighted by molar-refractivity contribution is -0.934. The van der Waals surface area contributed by atoms with Crippen LogP contribution in [0.5, 0.6) is 0 Å². The summed E-state index contributed by atoms with van der Waals surface area (Å²) in [6, 6.07) is 16.6. The molecule has 2 aromatic rings. The minimum absolute atomic E-state index is 0.128. The fourth-order valence-electron chi connectivity index (χ4n) is 3.43. The van der Waals surface area contributed by atoms with Crippen molar-refractivity contribution in [1.82, 2.24) is 4.72 Å². The van der Waals surface area contributed by atoms with E-state index in [2.05, 4.69) is 16.9 Å². The van der Waals surface area contributed by atoms with Crippen LogP contribution in [0, 0.1) is 0 Å². The van der Waals surface area contributed by atoms with Gasteiger partial charge in [-0.05, 0) is 43.5 Å². The van der Waals surface area contributed by atoms with Crippen molar-refractivity contribution in [3.8, 4) is 0 Å². The first kappa shape index (κ1) is 18.4. The summed E-state index contributed by atoms with van der Waals surface area (Å²) in [7, 11) is -3.54. The Bertz CT molecular complexity index is 773. The van der Waals surface area contributed by atoms with Gasteiger partial charge in [-0.15, -0.1) is 0 Å². The number of piperidine rings is 1. The second-order valence-corrected chi connectivity index (χ2v) is 8.69. The summed E-state index contributed by atoms with van der Waals surface area (Å²) in [5, 5.41) is 0.527. The molecule has 1 aliphatic rings. The van der Waals surface area contributed by atoms with Crippen LogP contribution < -0.4 is 9.62 Å². The van der Waals surface area contributed by atoms with Crippen molar-refractivity contribution in [2.45, 2.75) is 30.2 Å². The van der Waals surface area contributed by atoms with Crippen LogP contribution in [0.25, 0.3) is 0 Å². The van der Waals surface area contributed by atoms with E-state index in [-0.39, 0.29) is 10.9 Å². The number of likely N-dealkylation sites (tertiary alicyclic amines) is 1. The van der Waals surface area contributed by atoms with Crippen molar-refractivity contribution in [3.05, 3.63) is 65.2 Å². The van der Waals surface area contributed by atoms with Crippen LogP contribution in [0.2, 0.25) is 5.02 Å². The van der Waals surface area contributed by atoms with Crippen LogP contribution in [0.4, 0.5) is 0 Å². The smallest absolute Gasteiger partial charge is 0.240 e. The standard InChI is InChI=1S/C19H23ClN2O2S/c20-17-9-11-18(12-10-17)25(23,24)21-15-19(16-7-3-1-4-8-16)22-13-5-2-6-14-22/h1,3-4,7-12,19,21H,2,5-6,13-15H2/p+1/t19-/m0/s1. The van der Waals surface area contributed by atoms with Crippen molar-refractivity contribution in [2.24, 2.45) is 0 Å². The Morgan fingerprint density at radius 1 is 0.960 bits per heavy atom. The molecule has 1 fully saturated rings. The molecule has 0 unspecified atom stereocenters. The van der Waals surface area contributed by atoms with Crippen molar-refractivity contribution >= 4 is 21.6 Å². The highest BCUT2D eigenvalue weighted by atomic mass is 35.5. The molecule has 2 N–H and O–H groups in total. The molecule has 0 aliphatic carbocycles. The minimum Gasteiger partial charge on any atom is -0.328 e. The monoisotopic (exact) mass is 379 g/mol. The second-order valence-electron chi connectivity index (χ2n) is 6.49. The van der Waals surface area contributed by atoms with E-state index in [4.69, 9.17) is 11.6 Å². The molecular weight excluding hydrogens is 356 g/mol. The maximum atomic E-state index is 12.6. The average Bonchev–Trinajstić information content (AvgIpc) is 2.64. The van der Waals surface area contributed by atoms with Crippen LogP contribution in [0.15, 0.2) is 59.5 Å². The quantitative estimate of drug-likeness (QED) is 0.809. The maximum absolute atomic E-state index is 12.6. The van der Waals surface area contributed by atoms with Gasteiger partial charge in [-0.3, -0.25) is 0 Å². The molecule has 0 saturated carbocycles. The molecule has 0 spiro atoms. The van der Waals surface area contributed by atoms with Crippen molar-refractivity contribution in [3.63, 3.8) is 0 Å². The predicted molar refractivity (Wildman–Crippen MR) is 100 cm³/mol. The fraction of sp³-hybridized carbons (Fsp3) is 0.368. The minimum atomic E-state index is -3.54. The number of quaternary nitrogens is 1. The number of halogens is 1. The summed E-state index contributed by atoms with van der Waals surface area (Å²) in [5.41, 5.74) is 1.18. The number of hydrogen-bond donors (Lipinski definition) is 2. The van der Waals surface area contributed by atoms with Crippen molar-refractivity contribution < 1.29 is 13.3 Å². The Labute approximate surface area is 154 Å². The van der Waals surface area contributed by atoms with Crippen molar-refractivity contribution in [1.29, 1.82) is 0 Å². The van der Waals surface area contributed by atoms with Gasteiger partial charge < -0.3 is 4.90 Å². The first-order chi connectivity index (χ1) is 12.1. The molecule has 4 nitrogen and oxygen atoms in total. The highest BCUT2D eigenvalue weighted by molar-refractivity contribution is 7.89. The number of hydrogen-bond acceptors (Lipinski definition) is 2. The summed E-state index contributed by atoms with van der Waals surface area (Å²) in [6.07, 6.45) is 3.66. The summed E-state index contributed by atoms with van der Waals surface area (Å²) in [6.45, 7) is 2.56. The number of nitrogens with one attached hydrogen (secondary N) is 2. The number of benzene rings is 2. The first-order valence-electron chi connectivity index (χ1n) is 8.71. The highest BCUT2D eigenvalue weighted by Crippen LogP contribution is 2.15. The Kier molecular flexibility index (Phi) is 6.12. The summed E-state index contributed by atoms with van der Waals surface area (Å²) in [4.78, 5) is 1.70. The van der Waals surface area contributed by atoms with Crippen LogP contribution in [0.1, 0.15) is 30.9 Å². The Morgan fingerprint density at radius 3 is 2.24 bits per heavy atom. The third-order valence-corrected chi connectivity index (χ3v) is 6.48. The molecule has 6 heteroatoms. The Hall–Kier alpha value is -1.40. The molecular formula is C19H24ClN2O2S+. The lowest BCUT2D eigenvalue weighted by atomic mass is 10.0. The highest BCUT2D eigenvalue weighted by Gasteiger charge is 2.27. The second kappa shape index (κ2) is 8.32. The van der Waals surface area contributed by atoms with Gasteiger partial charge in [-0.25, -0.2) is 13.1 Å². The zero-order valence-electron chi connectivity index (χ0n) is 14.1. The molecule has 0 radical (unpaired) electrons. The van der Waals surface area contributed by atoms with E-state index < -0.39 is 10.0 Å². The van der Waals surface area contributed by atoms with E-state index in [1.54, 1.807) is 12.1 Å². The summed E-state index contributed by atoms with van der Waals surface area (Å²) in [5.74, 6) is 0. The number of rotatable bonds is 6. The zero-order valence-corrected chi connectivity index (χ0v) is 15.7. The van der Waals surface area contributed by atoms with Gasteiger partial charge >= 0.3 is 0 Å². The van der Waals surface area contributed by atoms with Gasteiger partial charge in [-0.1, -0.05) is 41.9 Å². The average molecular weight is 380 g/mol. The fourth-order valence-corrected chi connectivity index (χ4v) is 4.60. The number of sulfonamides is 1. The van der Waals surface area contributed by atoms with Gasteiger partial charge in [0.05, 0.1) is 24.5 Å². The summed E-state index contributed by atoms with van der Waals surface area (Å²) >= 11 is 5.85. The van der Waals surface area contributed by atoms with Gasteiger partial charge in [0.25, 0.3) is 0 Å². The lowest BCUT2D eigenvalue weighted by Gasteiger charge is -2.32. The summed E-state index contributed by atoms with van der Waals surface area (Å²) < 4.78 is 28.0. The van der Waals surface area contributed by atoms with E-state index in [0.717, 1.165) is 13.1 Å². The van der Waals surface area contributed by atoms with Crippen molar-refractivity contribution in [2.75, 3.05) is 19.6 Å². The zero-order chi connectivity index (χ0) is 17.7. The van der Waals surface area contributed by atoms with E-state index in [1.807, 2.05) is 18.2 Å². The molecule has 1 heterocycles.